The molecule has 0 aromatic carbocycles. The summed E-state index contributed by atoms with van der Waals surface area (Å²) in [5.41, 5.74) is 0. The van der Waals surface area contributed by atoms with E-state index in [1.165, 1.54) is 38.5 Å². The number of rotatable bonds is 8. The quantitative estimate of drug-likeness (QED) is 0.268. The summed E-state index contributed by atoms with van der Waals surface area (Å²) in [6, 6.07) is 0. The lowest BCUT2D eigenvalue weighted by Gasteiger charge is -2.27. The lowest BCUT2D eigenvalue weighted by Crippen LogP contribution is -2.19. The van der Waals surface area contributed by atoms with Gasteiger partial charge in [-0.05, 0) is 31.1 Å². The zero-order valence-electron chi connectivity index (χ0n) is 10.6. The molecule has 0 aromatic rings. The van der Waals surface area contributed by atoms with Crippen molar-refractivity contribution in [3.05, 3.63) is 12.7 Å². The van der Waals surface area contributed by atoms with E-state index >= 15 is 0 Å². The average Bonchev–Trinajstić information content (AvgIpc) is 2.31. The largest absolute Gasteiger partial charge is 0.236 e. The average molecular weight is 226 g/mol. The molecule has 1 fully saturated rings. The normalized spacial score (nSPS) is 25.6. The Morgan fingerprint density at radius 2 is 1.81 bits per heavy atom. The van der Waals surface area contributed by atoms with Crippen LogP contribution in [0.25, 0.3) is 0 Å². The molecule has 0 heterocycles. The molecule has 16 heavy (non-hydrogen) atoms. The molecule has 0 aliphatic heterocycles. The van der Waals surface area contributed by atoms with Crippen LogP contribution in [0.4, 0.5) is 0 Å². The molecule has 0 N–H and O–H groups in total. The monoisotopic (exact) mass is 226 g/mol. The smallest absolute Gasteiger partial charge is 0.0856 e. The molecular formula is C14H26O2. The summed E-state index contributed by atoms with van der Waals surface area (Å²) in [6.07, 6.45) is 10.8. The van der Waals surface area contributed by atoms with Gasteiger partial charge in [0.1, 0.15) is 0 Å². The molecule has 0 unspecified atom stereocenters. The molecule has 1 rings (SSSR count). The van der Waals surface area contributed by atoms with Gasteiger partial charge in [0.2, 0.25) is 0 Å². The zero-order valence-corrected chi connectivity index (χ0v) is 10.6. The fourth-order valence-electron chi connectivity index (χ4n) is 2.43. The fourth-order valence-corrected chi connectivity index (χ4v) is 2.43. The van der Waals surface area contributed by atoms with E-state index in [9.17, 15) is 0 Å². The Labute approximate surface area is 99.9 Å². The summed E-state index contributed by atoms with van der Waals surface area (Å²) >= 11 is 0. The van der Waals surface area contributed by atoms with Crippen LogP contribution in [0.15, 0.2) is 12.7 Å². The van der Waals surface area contributed by atoms with Crippen molar-refractivity contribution in [2.75, 3.05) is 13.2 Å². The van der Waals surface area contributed by atoms with Crippen LogP contribution in [-0.4, -0.2) is 13.2 Å². The molecule has 0 spiro atoms. The minimum atomic E-state index is 0.634. The van der Waals surface area contributed by atoms with Gasteiger partial charge in [0, 0.05) is 0 Å². The minimum absolute atomic E-state index is 0.634. The fraction of sp³-hybridized carbons (Fsp3) is 0.857. The van der Waals surface area contributed by atoms with Gasteiger partial charge >= 0.3 is 0 Å². The third kappa shape index (κ3) is 5.66. The van der Waals surface area contributed by atoms with Crippen molar-refractivity contribution in [3.8, 4) is 0 Å². The summed E-state index contributed by atoms with van der Waals surface area (Å²) in [7, 11) is 0. The van der Waals surface area contributed by atoms with Crippen LogP contribution >= 0.6 is 0 Å². The van der Waals surface area contributed by atoms with Crippen LogP contribution in [0.3, 0.4) is 0 Å². The van der Waals surface area contributed by atoms with Gasteiger partial charge in [0.25, 0.3) is 0 Å². The van der Waals surface area contributed by atoms with E-state index in [-0.39, 0.29) is 0 Å². The van der Waals surface area contributed by atoms with Crippen LogP contribution in [0.5, 0.6) is 0 Å². The maximum Gasteiger partial charge on any atom is 0.0856 e. The third-order valence-electron chi connectivity index (χ3n) is 3.46. The van der Waals surface area contributed by atoms with E-state index in [1.807, 2.05) is 6.08 Å². The summed E-state index contributed by atoms with van der Waals surface area (Å²) < 4.78 is 0. The van der Waals surface area contributed by atoms with Crippen molar-refractivity contribution in [3.63, 3.8) is 0 Å². The second-order valence-electron chi connectivity index (χ2n) is 4.86. The van der Waals surface area contributed by atoms with Crippen molar-refractivity contribution in [1.29, 1.82) is 0 Å². The predicted octanol–water partition coefficient (Wildman–Crippen LogP) is 4.12. The molecule has 1 aliphatic carbocycles. The first-order valence-electron chi connectivity index (χ1n) is 6.72. The Morgan fingerprint density at radius 3 is 2.44 bits per heavy atom. The highest BCUT2D eigenvalue weighted by Crippen LogP contribution is 2.31. The highest BCUT2D eigenvalue weighted by Gasteiger charge is 2.20. The maximum absolute atomic E-state index is 5.22. The number of hydrogen-bond acceptors (Lipinski definition) is 2. The zero-order chi connectivity index (χ0) is 11.6. The molecule has 2 nitrogen and oxygen atoms in total. The van der Waals surface area contributed by atoms with E-state index < -0.39 is 0 Å². The van der Waals surface area contributed by atoms with Crippen LogP contribution < -0.4 is 0 Å². The highest BCUT2D eigenvalue weighted by molar-refractivity contribution is 4.71. The first-order chi connectivity index (χ1) is 7.86. The van der Waals surface area contributed by atoms with Crippen molar-refractivity contribution in [2.45, 2.75) is 51.9 Å². The van der Waals surface area contributed by atoms with Gasteiger partial charge in [-0.2, -0.15) is 0 Å². The van der Waals surface area contributed by atoms with E-state index in [0.29, 0.717) is 6.61 Å². The van der Waals surface area contributed by atoms with Gasteiger partial charge in [0.05, 0.1) is 13.2 Å². The van der Waals surface area contributed by atoms with Crippen molar-refractivity contribution < 1.29 is 9.78 Å². The lowest BCUT2D eigenvalue weighted by molar-refractivity contribution is -0.301. The highest BCUT2D eigenvalue weighted by atomic mass is 17.2. The van der Waals surface area contributed by atoms with Gasteiger partial charge in [-0.1, -0.05) is 38.7 Å². The van der Waals surface area contributed by atoms with Crippen LogP contribution in [0.1, 0.15) is 51.9 Å². The molecule has 0 amide bonds. The molecule has 0 radical (unpaired) electrons. The Bertz CT molecular complexity index is 172. The van der Waals surface area contributed by atoms with Crippen molar-refractivity contribution in [2.24, 2.45) is 11.8 Å². The predicted molar refractivity (Wildman–Crippen MR) is 67.1 cm³/mol. The molecular weight excluding hydrogens is 200 g/mol. The molecule has 0 aromatic heterocycles. The van der Waals surface area contributed by atoms with Gasteiger partial charge in [-0.3, -0.25) is 0 Å². The molecule has 2 heteroatoms. The summed E-state index contributed by atoms with van der Waals surface area (Å²) in [4.78, 5) is 10.3. The van der Waals surface area contributed by atoms with Gasteiger partial charge in [0.15, 0.2) is 0 Å². The van der Waals surface area contributed by atoms with Crippen LogP contribution in [-0.2, 0) is 9.78 Å². The van der Waals surface area contributed by atoms with Crippen LogP contribution in [0.2, 0.25) is 0 Å². The maximum atomic E-state index is 5.22. The second kappa shape index (κ2) is 8.77. The van der Waals surface area contributed by atoms with Gasteiger partial charge in [-0.25, -0.2) is 9.78 Å². The first kappa shape index (κ1) is 13.7. The third-order valence-corrected chi connectivity index (χ3v) is 3.46. The Kier molecular flexibility index (Phi) is 7.52. The summed E-state index contributed by atoms with van der Waals surface area (Å²) in [5, 5.41) is 0. The lowest BCUT2D eigenvalue weighted by atomic mass is 9.80. The number of hydrogen-bond donors (Lipinski definition) is 0. The molecule has 1 aliphatic rings. The van der Waals surface area contributed by atoms with Crippen molar-refractivity contribution >= 4 is 0 Å². The molecule has 0 atom stereocenters. The second-order valence-corrected chi connectivity index (χ2v) is 4.86. The Morgan fingerprint density at radius 1 is 1.12 bits per heavy atom. The van der Waals surface area contributed by atoms with E-state index in [2.05, 4.69) is 13.5 Å². The summed E-state index contributed by atoms with van der Waals surface area (Å²) in [5.74, 6) is 1.69. The van der Waals surface area contributed by atoms with Crippen molar-refractivity contribution in [1.82, 2.24) is 0 Å². The van der Waals surface area contributed by atoms with E-state index in [4.69, 9.17) is 9.78 Å². The molecule has 0 saturated heterocycles. The molecule has 94 valence electrons. The minimum Gasteiger partial charge on any atom is -0.236 e. The van der Waals surface area contributed by atoms with Crippen LogP contribution in [0, 0.1) is 11.8 Å². The van der Waals surface area contributed by atoms with Gasteiger partial charge in [-0.15, -0.1) is 6.58 Å². The molecule has 0 bridgehead atoms. The molecule has 1 saturated carbocycles. The van der Waals surface area contributed by atoms with Gasteiger partial charge < -0.3 is 0 Å². The SMILES string of the molecule is C=CCCOOCC1CCC(CCC)CC1. The summed E-state index contributed by atoms with van der Waals surface area (Å²) in [6.45, 7) is 7.33. The van der Waals surface area contributed by atoms with E-state index in [1.54, 1.807) is 0 Å². The Hall–Kier alpha value is -0.340. The first-order valence-corrected chi connectivity index (χ1v) is 6.72. The standard InChI is InChI=1S/C14H26O2/c1-3-5-11-15-16-12-14-9-7-13(6-4-2)8-10-14/h3,13-14H,1,4-12H2,2H3. The Balaban J connectivity index is 1.97. The van der Waals surface area contributed by atoms with E-state index in [0.717, 1.165) is 24.9 Å². The topological polar surface area (TPSA) is 18.5 Å².